The Morgan fingerprint density at radius 2 is 1.29 bits per heavy atom. The van der Waals surface area contributed by atoms with Crippen molar-refractivity contribution in [2.45, 2.75) is 103 Å². The Balaban J connectivity index is 2.19. The predicted octanol–water partition coefficient (Wildman–Crippen LogP) is 5.93. The monoisotopic (exact) mass is 293 g/mol. The minimum atomic E-state index is 0.570. The van der Waals surface area contributed by atoms with Gasteiger partial charge >= 0.3 is 0 Å². The van der Waals surface area contributed by atoms with E-state index in [0.717, 1.165) is 0 Å². The lowest BCUT2D eigenvalue weighted by Crippen LogP contribution is -2.10. The van der Waals surface area contributed by atoms with E-state index in [1.165, 1.54) is 83.5 Å². The Morgan fingerprint density at radius 3 is 1.76 bits per heavy atom. The molecule has 0 saturated carbocycles. The van der Waals surface area contributed by atoms with Crippen molar-refractivity contribution in [3.63, 3.8) is 0 Å². The van der Waals surface area contributed by atoms with Gasteiger partial charge in [0, 0.05) is 0 Å². The standard InChI is InChI=1S/C18H35N3/c1-3-5-7-9-11-13-15-18(21-17-19-16-20-21)14-12-10-8-6-4-2/h16-18H,3-15H2,1-2H3. The van der Waals surface area contributed by atoms with Crippen molar-refractivity contribution in [1.82, 2.24) is 14.8 Å². The summed E-state index contributed by atoms with van der Waals surface area (Å²) in [6, 6.07) is 0.570. The SMILES string of the molecule is CCCCCCCCC(CCCCCCC)n1cncn1. The molecule has 0 radical (unpaired) electrons. The molecular weight excluding hydrogens is 258 g/mol. The Bertz CT molecular complexity index is 308. The fraction of sp³-hybridized carbons (Fsp3) is 0.889. The minimum Gasteiger partial charge on any atom is -0.250 e. The zero-order chi connectivity index (χ0) is 15.2. The molecule has 0 aliphatic carbocycles. The number of unbranched alkanes of at least 4 members (excludes halogenated alkanes) is 9. The highest BCUT2D eigenvalue weighted by Gasteiger charge is 2.11. The molecule has 0 amide bonds. The van der Waals surface area contributed by atoms with Crippen LogP contribution in [0.2, 0.25) is 0 Å². The second-order valence-corrected chi connectivity index (χ2v) is 6.29. The van der Waals surface area contributed by atoms with E-state index in [2.05, 4.69) is 28.6 Å². The van der Waals surface area contributed by atoms with Gasteiger partial charge in [-0.15, -0.1) is 0 Å². The van der Waals surface area contributed by atoms with Gasteiger partial charge in [0.05, 0.1) is 6.04 Å². The van der Waals surface area contributed by atoms with Gasteiger partial charge < -0.3 is 0 Å². The summed E-state index contributed by atoms with van der Waals surface area (Å²) >= 11 is 0. The van der Waals surface area contributed by atoms with Crippen LogP contribution >= 0.6 is 0 Å². The van der Waals surface area contributed by atoms with E-state index in [-0.39, 0.29) is 0 Å². The van der Waals surface area contributed by atoms with Gasteiger partial charge in [0.25, 0.3) is 0 Å². The largest absolute Gasteiger partial charge is 0.250 e. The van der Waals surface area contributed by atoms with Gasteiger partial charge in [-0.25, -0.2) is 9.67 Å². The third-order valence-electron chi connectivity index (χ3n) is 4.34. The van der Waals surface area contributed by atoms with Gasteiger partial charge in [0.15, 0.2) is 0 Å². The molecule has 1 unspecified atom stereocenters. The molecule has 0 aromatic carbocycles. The maximum Gasteiger partial charge on any atom is 0.137 e. The Hall–Kier alpha value is -0.860. The van der Waals surface area contributed by atoms with Crippen LogP contribution in [-0.2, 0) is 0 Å². The van der Waals surface area contributed by atoms with Crippen LogP contribution in [-0.4, -0.2) is 14.8 Å². The van der Waals surface area contributed by atoms with E-state index in [1.807, 2.05) is 6.33 Å². The molecule has 122 valence electrons. The molecule has 0 spiro atoms. The number of hydrogen-bond donors (Lipinski definition) is 0. The summed E-state index contributed by atoms with van der Waals surface area (Å²) in [5, 5.41) is 4.37. The second kappa shape index (κ2) is 12.8. The van der Waals surface area contributed by atoms with Crippen molar-refractivity contribution in [3.8, 4) is 0 Å². The van der Waals surface area contributed by atoms with E-state index < -0.39 is 0 Å². The second-order valence-electron chi connectivity index (χ2n) is 6.29. The summed E-state index contributed by atoms with van der Waals surface area (Å²) in [6.45, 7) is 4.55. The van der Waals surface area contributed by atoms with Crippen molar-refractivity contribution >= 4 is 0 Å². The Morgan fingerprint density at radius 1 is 0.762 bits per heavy atom. The van der Waals surface area contributed by atoms with E-state index in [0.29, 0.717) is 6.04 Å². The number of nitrogens with zero attached hydrogens (tertiary/aromatic N) is 3. The molecule has 0 fully saturated rings. The van der Waals surface area contributed by atoms with Gasteiger partial charge in [-0.1, -0.05) is 84.5 Å². The zero-order valence-corrected chi connectivity index (χ0v) is 14.3. The maximum atomic E-state index is 4.37. The van der Waals surface area contributed by atoms with Gasteiger partial charge in [0.2, 0.25) is 0 Å². The molecule has 1 atom stereocenters. The maximum absolute atomic E-state index is 4.37. The molecule has 0 N–H and O–H groups in total. The molecule has 1 aromatic rings. The normalized spacial score (nSPS) is 12.7. The van der Waals surface area contributed by atoms with Crippen LogP contribution in [0.5, 0.6) is 0 Å². The number of hydrogen-bond acceptors (Lipinski definition) is 2. The molecule has 0 bridgehead atoms. The highest BCUT2D eigenvalue weighted by molar-refractivity contribution is 4.69. The highest BCUT2D eigenvalue weighted by Crippen LogP contribution is 2.22. The molecule has 1 heterocycles. The van der Waals surface area contributed by atoms with Gasteiger partial charge in [0.1, 0.15) is 12.7 Å². The topological polar surface area (TPSA) is 30.7 Å². The van der Waals surface area contributed by atoms with Crippen molar-refractivity contribution in [3.05, 3.63) is 12.7 Å². The smallest absolute Gasteiger partial charge is 0.137 e. The first-order valence-corrected chi connectivity index (χ1v) is 9.22. The van der Waals surface area contributed by atoms with Crippen molar-refractivity contribution < 1.29 is 0 Å². The average Bonchev–Trinajstić information content (AvgIpc) is 3.02. The molecular formula is C18H35N3. The summed E-state index contributed by atoms with van der Waals surface area (Å²) in [4.78, 5) is 4.12. The van der Waals surface area contributed by atoms with Crippen LogP contribution in [0.4, 0.5) is 0 Å². The van der Waals surface area contributed by atoms with Crippen LogP contribution in [0.15, 0.2) is 12.7 Å². The van der Waals surface area contributed by atoms with E-state index in [4.69, 9.17) is 0 Å². The fourth-order valence-corrected chi connectivity index (χ4v) is 2.96. The molecule has 21 heavy (non-hydrogen) atoms. The Labute approximate surface area is 131 Å². The third kappa shape index (κ3) is 8.90. The lowest BCUT2D eigenvalue weighted by molar-refractivity contribution is 0.366. The quantitative estimate of drug-likeness (QED) is 0.398. The van der Waals surface area contributed by atoms with E-state index >= 15 is 0 Å². The molecule has 3 nitrogen and oxygen atoms in total. The van der Waals surface area contributed by atoms with Crippen LogP contribution < -0.4 is 0 Å². The summed E-state index contributed by atoms with van der Waals surface area (Å²) in [7, 11) is 0. The van der Waals surface area contributed by atoms with Crippen LogP contribution in [0.25, 0.3) is 0 Å². The van der Waals surface area contributed by atoms with Crippen LogP contribution in [0, 0.1) is 0 Å². The highest BCUT2D eigenvalue weighted by atomic mass is 15.3. The molecule has 0 aliphatic rings. The van der Waals surface area contributed by atoms with Gasteiger partial charge in [-0.05, 0) is 12.8 Å². The summed E-state index contributed by atoms with van der Waals surface area (Å²) in [6.07, 6.45) is 21.1. The zero-order valence-electron chi connectivity index (χ0n) is 14.3. The van der Waals surface area contributed by atoms with Crippen molar-refractivity contribution in [1.29, 1.82) is 0 Å². The predicted molar refractivity (Wildman–Crippen MR) is 90.4 cm³/mol. The van der Waals surface area contributed by atoms with Gasteiger partial charge in [-0.2, -0.15) is 5.10 Å². The molecule has 3 heteroatoms. The lowest BCUT2D eigenvalue weighted by Gasteiger charge is -2.17. The average molecular weight is 293 g/mol. The summed E-state index contributed by atoms with van der Waals surface area (Å²) in [5.41, 5.74) is 0. The number of aromatic nitrogens is 3. The first-order valence-electron chi connectivity index (χ1n) is 9.22. The Kier molecular flexibility index (Phi) is 11.1. The third-order valence-corrected chi connectivity index (χ3v) is 4.34. The fourth-order valence-electron chi connectivity index (χ4n) is 2.96. The molecule has 0 aliphatic heterocycles. The van der Waals surface area contributed by atoms with E-state index in [1.54, 1.807) is 6.33 Å². The summed E-state index contributed by atoms with van der Waals surface area (Å²) < 4.78 is 2.09. The summed E-state index contributed by atoms with van der Waals surface area (Å²) in [5.74, 6) is 0. The molecule has 1 aromatic heterocycles. The molecule has 0 saturated heterocycles. The molecule has 1 rings (SSSR count). The number of rotatable bonds is 14. The minimum absolute atomic E-state index is 0.570. The first-order chi connectivity index (χ1) is 10.4. The first kappa shape index (κ1) is 18.2. The van der Waals surface area contributed by atoms with Gasteiger partial charge in [-0.3, -0.25) is 0 Å². The van der Waals surface area contributed by atoms with E-state index in [9.17, 15) is 0 Å². The van der Waals surface area contributed by atoms with Crippen molar-refractivity contribution in [2.24, 2.45) is 0 Å². The lowest BCUT2D eigenvalue weighted by atomic mass is 10.0. The van der Waals surface area contributed by atoms with Crippen LogP contribution in [0.1, 0.15) is 103 Å². The van der Waals surface area contributed by atoms with Crippen molar-refractivity contribution in [2.75, 3.05) is 0 Å². The van der Waals surface area contributed by atoms with Crippen LogP contribution in [0.3, 0.4) is 0 Å².